The highest BCUT2D eigenvalue weighted by atomic mass is 35.5. The van der Waals surface area contributed by atoms with Crippen molar-refractivity contribution in [2.24, 2.45) is 0 Å². The van der Waals surface area contributed by atoms with Crippen molar-refractivity contribution in [1.82, 2.24) is 4.90 Å². The number of carbonyl (C=O) groups is 1. The first-order chi connectivity index (χ1) is 10.1. The molecule has 0 aromatic heterocycles. The van der Waals surface area contributed by atoms with E-state index >= 15 is 0 Å². The smallest absolute Gasteiger partial charge is 0.260 e. The molecule has 0 unspecified atom stereocenters. The largest absolute Gasteiger partial charge is 0.484 e. The summed E-state index contributed by atoms with van der Waals surface area (Å²) in [5.74, 6) is 1.68. The van der Waals surface area contributed by atoms with Gasteiger partial charge in [0.2, 0.25) is 0 Å². The average molecular weight is 328 g/mol. The number of benzene rings is 1. The molecule has 1 amide bonds. The van der Waals surface area contributed by atoms with Gasteiger partial charge in [0, 0.05) is 31.0 Å². The molecule has 6 heteroatoms. The second-order valence-electron chi connectivity index (χ2n) is 5.55. The van der Waals surface area contributed by atoms with Crippen LogP contribution in [0.15, 0.2) is 24.3 Å². The Labute approximate surface area is 133 Å². The summed E-state index contributed by atoms with van der Waals surface area (Å²) in [6.07, 6.45) is 1.36. The topological polar surface area (TPSA) is 38.8 Å². The molecule has 2 saturated heterocycles. The Morgan fingerprint density at radius 2 is 2.33 bits per heavy atom. The monoisotopic (exact) mass is 327 g/mol. The Hall–Kier alpha value is -0.910. The first-order valence-corrected chi connectivity index (χ1v) is 8.29. The van der Waals surface area contributed by atoms with Crippen molar-refractivity contribution < 1.29 is 14.3 Å². The third-order valence-electron chi connectivity index (χ3n) is 3.98. The number of halogens is 1. The molecule has 0 bridgehead atoms. The van der Waals surface area contributed by atoms with Gasteiger partial charge >= 0.3 is 0 Å². The lowest BCUT2D eigenvalue weighted by Crippen LogP contribution is -2.61. The summed E-state index contributed by atoms with van der Waals surface area (Å²) in [5.41, 5.74) is 0. The minimum atomic E-state index is 0.0297. The Morgan fingerprint density at radius 1 is 1.52 bits per heavy atom. The highest BCUT2D eigenvalue weighted by Gasteiger charge is 2.50. The normalized spacial score (nSPS) is 23.1. The Morgan fingerprint density at radius 3 is 3.00 bits per heavy atom. The van der Waals surface area contributed by atoms with Crippen molar-refractivity contribution in [3.63, 3.8) is 0 Å². The fourth-order valence-corrected chi connectivity index (χ4v) is 4.56. The van der Waals surface area contributed by atoms with Gasteiger partial charge in [0.1, 0.15) is 5.75 Å². The van der Waals surface area contributed by atoms with E-state index in [1.54, 1.807) is 31.4 Å². The maximum absolute atomic E-state index is 12.1. The number of hydrogen-bond donors (Lipinski definition) is 0. The Kier molecular flexibility index (Phi) is 4.33. The van der Waals surface area contributed by atoms with Gasteiger partial charge in [-0.25, -0.2) is 0 Å². The summed E-state index contributed by atoms with van der Waals surface area (Å²) in [5, 5.41) is 0.607. The summed E-state index contributed by atoms with van der Waals surface area (Å²) >= 11 is 7.81. The predicted octanol–water partition coefficient (Wildman–Crippen LogP) is 2.45. The highest BCUT2D eigenvalue weighted by Crippen LogP contribution is 2.45. The maximum Gasteiger partial charge on any atom is 0.260 e. The van der Waals surface area contributed by atoms with Gasteiger partial charge < -0.3 is 14.4 Å². The molecule has 3 rings (SSSR count). The van der Waals surface area contributed by atoms with Crippen LogP contribution in [-0.4, -0.2) is 54.2 Å². The van der Waals surface area contributed by atoms with Crippen molar-refractivity contribution in [2.75, 3.05) is 32.6 Å². The number of hydrogen-bond acceptors (Lipinski definition) is 4. The van der Waals surface area contributed by atoms with Crippen LogP contribution in [0.4, 0.5) is 0 Å². The van der Waals surface area contributed by atoms with Crippen molar-refractivity contribution >= 4 is 29.3 Å². The number of thioether (sulfide) groups is 1. The number of carbonyl (C=O) groups excluding carboxylic acids is 1. The standard InChI is InChI=1S/C15H18ClNO3S/c1-19-13-6-15(21-8-13)9-17(10-15)14(18)7-20-12-4-2-3-11(16)5-12/h2-5,13H,6-10H2,1H3/t13-/m1/s1. The van der Waals surface area contributed by atoms with Gasteiger partial charge in [-0.3, -0.25) is 4.79 Å². The molecule has 1 aromatic carbocycles. The van der Waals surface area contributed by atoms with Crippen LogP contribution in [0.2, 0.25) is 5.02 Å². The van der Waals surface area contributed by atoms with Gasteiger partial charge in [-0.1, -0.05) is 17.7 Å². The van der Waals surface area contributed by atoms with E-state index in [9.17, 15) is 4.79 Å². The van der Waals surface area contributed by atoms with E-state index in [0.29, 0.717) is 16.9 Å². The Balaban J connectivity index is 1.46. The van der Waals surface area contributed by atoms with Crippen LogP contribution in [0, 0.1) is 0 Å². The summed E-state index contributed by atoms with van der Waals surface area (Å²) < 4.78 is 11.1. The fourth-order valence-electron chi connectivity index (χ4n) is 2.79. The van der Waals surface area contributed by atoms with Crippen LogP contribution in [0.25, 0.3) is 0 Å². The van der Waals surface area contributed by atoms with Crippen LogP contribution < -0.4 is 4.74 Å². The van der Waals surface area contributed by atoms with Gasteiger partial charge in [-0.05, 0) is 24.6 Å². The molecule has 4 nitrogen and oxygen atoms in total. The molecule has 0 aliphatic carbocycles. The molecule has 0 saturated carbocycles. The number of likely N-dealkylation sites (tertiary alicyclic amines) is 1. The lowest BCUT2D eigenvalue weighted by Gasteiger charge is -2.47. The molecular formula is C15H18ClNO3S. The van der Waals surface area contributed by atoms with Gasteiger partial charge in [-0.2, -0.15) is 0 Å². The molecule has 2 heterocycles. The minimum absolute atomic E-state index is 0.0297. The zero-order valence-corrected chi connectivity index (χ0v) is 13.5. The van der Waals surface area contributed by atoms with Gasteiger partial charge in [0.15, 0.2) is 6.61 Å². The molecule has 0 radical (unpaired) electrons. The van der Waals surface area contributed by atoms with Crippen molar-refractivity contribution in [1.29, 1.82) is 0 Å². The van der Waals surface area contributed by atoms with E-state index < -0.39 is 0 Å². The second kappa shape index (κ2) is 6.07. The van der Waals surface area contributed by atoms with Crippen molar-refractivity contribution in [2.45, 2.75) is 17.3 Å². The zero-order chi connectivity index (χ0) is 14.9. The summed E-state index contributed by atoms with van der Waals surface area (Å²) in [6, 6.07) is 7.09. The van der Waals surface area contributed by atoms with Crippen LogP contribution in [0.1, 0.15) is 6.42 Å². The van der Waals surface area contributed by atoms with Crippen molar-refractivity contribution in [3.8, 4) is 5.75 Å². The molecular weight excluding hydrogens is 310 g/mol. The van der Waals surface area contributed by atoms with Gasteiger partial charge in [0.25, 0.3) is 5.91 Å². The third-order valence-corrected chi connectivity index (χ3v) is 5.79. The SMILES string of the molecule is CO[C@H]1CSC2(C1)CN(C(=O)COc1cccc(Cl)c1)C2. The Bertz CT molecular complexity index is 533. The van der Waals surface area contributed by atoms with E-state index in [1.165, 1.54) is 0 Å². The van der Waals surface area contributed by atoms with E-state index in [-0.39, 0.29) is 17.3 Å². The number of amides is 1. The molecule has 2 aliphatic heterocycles. The van der Waals surface area contributed by atoms with E-state index in [4.69, 9.17) is 21.1 Å². The molecule has 1 aromatic rings. The lowest BCUT2D eigenvalue weighted by atomic mass is 9.93. The van der Waals surface area contributed by atoms with E-state index in [0.717, 1.165) is 25.3 Å². The first-order valence-electron chi connectivity index (χ1n) is 6.93. The molecule has 2 fully saturated rings. The molecule has 114 valence electrons. The fraction of sp³-hybridized carbons (Fsp3) is 0.533. The summed E-state index contributed by atoms with van der Waals surface area (Å²) in [7, 11) is 1.75. The average Bonchev–Trinajstić information content (AvgIpc) is 2.88. The number of methoxy groups -OCH3 is 1. The number of nitrogens with zero attached hydrogens (tertiary/aromatic N) is 1. The lowest BCUT2D eigenvalue weighted by molar-refractivity contribution is -0.138. The van der Waals surface area contributed by atoms with Gasteiger partial charge in [-0.15, -0.1) is 11.8 Å². The molecule has 1 atom stereocenters. The van der Waals surface area contributed by atoms with E-state index in [1.807, 2.05) is 16.7 Å². The molecule has 1 spiro atoms. The summed E-state index contributed by atoms with van der Waals surface area (Å²) in [6.45, 7) is 1.67. The second-order valence-corrected chi connectivity index (χ2v) is 7.48. The first kappa shape index (κ1) is 15.0. The molecule has 0 N–H and O–H groups in total. The predicted molar refractivity (Wildman–Crippen MR) is 84.1 cm³/mol. The van der Waals surface area contributed by atoms with Crippen LogP contribution in [0.3, 0.4) is 0 Å². The number of rotatable bonds is 4. The zero-order valence-electron chi connectivity index (χ0n) is 11.9. The maximum atomic E-state index is 12.1. The number of ether oxygens (including phenoxy) is 2. The quantitative estimate of drug-likeness (QED) is 0.851. The minimum Gasteiger partial charge on any atom is -0.484 e. The van der Waals surface area contributed by atoms with Crippen LogP contribution >= 0.6 is 23.4 Å². The van der Waals surface area contributed by atoms with Crippen molar-refractivity contribution in [3.05, 3.63) is 29.3 Å². The highest BCUT2D eigenvalue weighted by molar-refractivity contribution is 8.01. The van der Waals surface area contributed by atoms with Crippen LogP contribution in [-0.2, 0) is 9.53 Å². The van der Waals surface area contributed by atoms with Gasteiger partial charge in [0.05, 0.1) is 10.9 Å². The summed E-state index contributed by atoms with van der Waals surface area (Å²) in [4.78, 5) is 14.0. The van der Waals surface area contributed by atoms with E-state index in [2.05, 4.69) is 0 Å². The van der Waals surface area contributed by atoms with Crippen LogP contribution in [0.5, 0.6) is 5.75 Å². The third kappa shape index (κ3) is 3.30. The molecule has 2 aliphatic rings. The molecule has 21 heavy (non-hydrogen) atoms.